The highest BCUT2D eigenvalue weighted by atomic mass is 14.2. The van der Waals surface area contributed by atoms with E-state index in [1.54, 1.807) is 33.4 Å². The lowest BCUT2D eigenvalue weighted by atomic mass is 9.80. The van der Waals surface area contributed by atoms with Gasteiger partial charge in [-0.1, -0.05) is 27.7 Å². The molecule has 0 saturated carbocycles. The summed E-state index contributed by atoms with van der Waals surface area (Å²) in [6.45, 7) is 23.3. The van der Waals surface area contributed by atoms with Gasteiger partial charge < -0.3 is 0 Å². The molecule has 0 atom stereocenters. The maximum Gasteiger partial charge on any atom is -0.00149 e. The predicted molar refractivity (Wildman–Crippen MR) is 122 cm³/mol. The minimum absolute atomic E-state index is 1.07. The van der Waals surface area contributed by atoms with Crippen LogP contribution in [-0.4, -0.2) is 0 Å². The SMILES string of the molecule is CCc1c(C)c(C)c(Cc2c(C)c(C)c(CC)c(CC)c2C)c(C)c1CC. The topological polar surface area (TPSA) is 0 Å². The molecule has 0 heteroatoms. The number of benzene rings is 2. The molecule has 0 fully saturated rings. The zero-order valence-corrected chi connectivity index (χ0v) is 19.5. The van der Waals surface area contributed by atoms with E-state index in [4.69, 9.17) is 0 Å². The van der Waals surface area contributed by atoms with Gasteiger partial charge in [0.2, 0.25) is 0 Å². The average Bonchev–Trinajstić information content (AvgIpc) is 2.66. The molecular weight excluding hydrogens is 324 g/mol. The van der Waals surface area contributed by atoms with E-state index < -0.39 is 0 Å². The van der Waals surface area contributed by atoms with E-state index in [1.165, 1.54) is 33.4 Å². The van der Waals surface area contributed by atoms with Gasteiger partial charge in [0, 0.05) is 0 Å². The molecule has 0 saturated heterocycles. The van der Waals surface area contributed by atoms with Crippen LogP contribution in [0.4, 0.5) is 0 Å². The quantitative estimate of drug-likeness (QED) is 0.501. The molecule has 0 unspecified atom stereocenters. The third-order valence-electron chi connectivity index (χ3n) is 7.24. The van der Waals surface area contributed by atoms with E-state index >= 15 is 0 Å². The van der Waals surface area contributed by atoms with E-state index in [9.17, 15) is 0 Å². The Balaban J connectivity index is 2.75. The van der Waals surface area contributed by atoms with Crippen LogP contribution in [-0.2, 0) is 32.1 Å². The molecular formula is C27H40. The molecule has 0 spiro atoms. The monoisotopic (exact) mass is 364 g/mol. The van der Waals surface area contributed by atoms with Gasteiger partial charge in [-0.2, -0.15) is 0 Å². The molecule has 0 aliphatic rings. The Hall–Kier alpha value is -1.56. The van der Waals surface area contributed by atoms with Crippen molar-refractivity contribution in [2.24, 2.45) is 0 Å². The summed E-state index contributed by atoms with van der Waals surface area (Å²) in [5, 5.41) is 0. The van der Waals surface area contributed by atoms with Crippen LogP contribution in [0.15, 0.2) is 0 Å². The summed E-state index contributed by atoms with van der Waals surface area (Å²) in [6, 6.07) is 0. The van der Waals surface area contributed by atoms with Gasteiger partial charge in [-0.05, 0) is 140 Å². The average molecular weight is 365 g/mol. The van der Waals surface area contributed by atoms with Crippen LogP contribution in [0.1, 0.15) is 94.5 Å². The Bertz CT molecular complexity index is 778. The number of hydrogen-bond donors (Lipinski definition) is 0. The summed E-state index contributed by atoms with van der Waals surface area (Å²) in [6.07, 6.45) is 5.62. The molecule has 0 radical (unpaired) electrons. The first-order valence-corrected chi connectivity index (χ1v) is 10.9. The van der Waals surface area contributed by atoms with Gasteiger partial charge in [-0.15, -0.1) is 0 Å². The lowest BCUT2D eigenvalue weighted by molar-refractivity contribution is 0.938. The second-order valence-corrected chi connectivity index (χ2v) is 8.21. The van der Waals surface area contributed by atoms with E-state index in [0.29, 0.717) is 0 Å². The minimum Gasteiger partial charge on any atom is -0.0613 e. The van der Waals surface area contributed by atoms with Gasteiger partial charge in [0.05, 0.1) is 0 Å². The molecule has 0 aliphatic carbocycles. The highest BCUT2D eigenvalue weighted by Gasteiger charge is 2.20. The summed E-state index contributed by atoms with van der Waals surface area (Å²) in [7, 11) is 0. The molecule has 2 rings (SSSR count). The molecule has 0 aromatic heterocycles. The van der Waals surface area contributed by atoms with Crippen LogP contribution in [0.3, 0.4) is 0 Å². The van der Waals surface area contributed by atoms with E-state index in [0.717, 1.165) is 32.1 Å². The lowest BCUT2D eigenvalue weighted by Crippen LogP contribution is -2.11. The van der Waals surface area contributed by atoms with Crippen molar-refractivity contribution in [3.63, 3.8) is 0 Å². The molecule has 0 bridgehead atoms. The van der Waals surface area contributed by atoms with Gasteiger partial charge in [0.1, 0.15) is 0 Å². The molecule has 0 N–H and O–H groups in total. The van der Waals surface area contributed by atoms with E-state index in [1.807, 2.05) is 0 Å². The second kappa shape index (κ2) is 8.63. The molecule has 0 amide bonds. The zero-order chi connectivity index (χ0) is 20.5. The fourth-order valence-corrected chi connectivity index (χ4v) is 5.36. The Kier molecular flexibility index (Phi) is 6.95. The predicted octanol–water partition coefficient (Wildman–Crippen LogP) is 7.38. The van der Waals surface area contributed by atoms with Crippen LogP contribution >= 0.6 is 0 Å². The molecule has 0 aliphatic heterocycles. The largest absolute Gasteiger partial charge is 0.0613 e. The van der Waals surface area contributed by atoms with Crippen LogP contribution in [0.5, 0.6) is 0 Å². The second-order valence-electron chi connectivity index (χ2n) is 8.21. The Morgan fingerprint density at radius 3 is 0.815 bits per heavy atom. The molecule has 148 valence electrons. The molecule has 0 heterocycles. The molecule has 2 aromatic carbocycles. The summed E-state index contributed by atoms with van der Waals surface area (Å²) < 4.78 is 0. The van der Waals surface area contributed by atoms with Gasteiger partial charge >= 0.3 is 0 Å². The first kappa shape index (κ1) is 21.7. The maximum atomic E-state index is 2.36. The fraction of sp³-hybridized carbons (Fsp3) is 0.556. The van der Waals surface area contributed by atoms with Gasteiger partial charge in [-0.3, -0.25) is 0 Å². The van der Waals surface area contributed by atoms with Crippen molar-refractivity contribution in [3.8, 4) is 0 Å². The zero-order valence-electron chi connectivity index (χ0n) is 19.5. The van der Waals surface area contributed by atoms with Crippen molar-refractivity contribution in [3.05, 3.63) is 66.8 Å². The smallest absolute Gasteiger partial charge is 0.00149 e. The minimum atomic E-state index is 1.07. The van der Waals surface area contributed by atoms with E-state index in [-0.39, 0.29) is 0 Å². The standard InChI is InChI=1S/C27H40/c1-11-22-16(5)18(7)26(20(9)24(22)13-3)15-27-19(8)17(6)23(12-2)25(14-4)21(27)10/h11-15H2,1-10H3. The summed E-state index contributed by atoms with van der Waals surface area (Å²) in [5.74, 6) is 0. The van der Waals surface area contributed by atoms with E-state index in [2.05, 4.69) is 69.2 Å². The first-order valence-electron chi connectivity index (χ1n) is 10.9. The highest BCUT2D eigenvalue weighted by molar-refractivity contribution is 5.56. The Morgan fingerprint density at radius 1 is 0.333 bits per heavy atom. The maximum absolute atomic E-state index is 2.36. The Labute approximate surface area is 168 Å². The van der Waals surface area contributed by atoms with Crippen LogP contribution in [0, 0.1) is 41.5 Å². The molecule has 0 nitrogen and oxygen atoms in total. The third kappa shape index (κ3) is 3.60. The van der Waals surface area contributed by atoms with Crippen molar-refractivity contribution in [2.75, 3.05) is 0 Å². The summed E-state index contributed by atoms with van der Waals surface area (Å²) in [5.41, 5.74) is 18.6. The summed E-state index contributed by atoms with van der Waals surface area (Å²) in [4.78, 5) is 0. The van der Waals surface area contributed by atoms with Crippen molar-refractivity contribution in [2.45, 2.75) is 101 Å². The highest BCUT2D eigenvalue weighted by Crippen LogP contribution is 2.34. The lowest BCUT2D eigenvalue weighted by Gasteiger charge is -2.25. The van der Waals surface area contributed by atoms with Crippen LogP contribution in [0.25, 0.3) is 0 Å². The first-order chi connectivity index (χ1) is 12.7. The van der Waals surface area contributed by atoms with Crippen molar-refractivity contribution >= 4 is 0 Å². The van der Waals surface area contributed by atoms with Gasteiger partial charge in [0.25, 0.3) is 0 Å². The van der Waals surface area contributed by atoms with Crippen molar-refractivity contribution < 1.29 is 0 Å². The number of hydrogen-bond acceptors (Lipinski definition) is 0. The Morgan fingerprint density at radius 2 is 0.556 bits per heavy atom. The van der Waals surface area contributed by atoms with Gasteiger partial charge in [0.15, 0.2) is 0 Å². The normalized spacial score (nSPS) is 11.3. The van der Waals surface area contributed by atoms with Crippen LogP contribution in [0.2, 0.25) is 0 Å². The third-order valence-corrected chi connectivity index (χ3v) is 7.24. The number of rotatable bonds is 6. The van der Waals surface area contributed by atoms with Crippen molar-refractivity contribution in [1.82, 2.24) is 0 Å². The molecule has 27 heavy (non-hydrogen) atoms. The summed E-state index contributed by atoms with van der Waals surface area (Å²) >= 11 is 0. The van der Waals surface area contributed by atoms with Gasteiger partial charge in [-0.25, -0.2) is 0 Å². The fourth-order valence-electron chi connectivity index (χ4n) is 5.36. The van der Waals surface area contributed by atoms with Crippen molar-refractivity contribution in [1.29, 1.82) is 0 Å². The van der Waals surface area contributed by atoms with Crippen LogP contribution < -0.4 is 0 Å². The molecule has 2 aromatic rings.